The molecule has 2 amide bonds. The number of fused-ring (bicyclic) bond motifs is 1. The number of benzene rings is 1. The summed E-state index contributed by atoms with van der Waals surface area (Å²) in [6.45, 7) is 4.65. The van der Waals surface area contributed by atoms with Crippen molar-refractivity contribution >= 4 is 45.9 Å². The molecule has 1 N–H and O–H groups in total. The molecule has 0 radical (unpaired) electrons. The molecule has 0 aliphatic carbocycles. The quantitative estimate of drug-likeness (QED) is 0.636. The van der Waals surface area contributed by atoms with E-state index in [4.69, 9.17) is 25.8 Å². The van der Waals surface area contributed by atoms with Crippen molar-refractivity contribution in [1.82, 2.24) is 4.90 Å². The van der Waals surface area contributed by atoms with E-state index in [1.54, 1.807) is 30.9 Å². The maximum atomic E-state index is 13.0. The van der Waals surface area contributed by atoms with Crippen molar-refractivity contribution in [2.45, 2.75) is 26.8 Å². The van der Waals surface area contributed by atoms with Gasteiger partial charge in [0.05, 0.1) is 38.0 Å². The topological polar surface area (TPSA) is 94.2 Å². The van der Waals surface area contributed by atoms with Crippen molar-refractivity contribution in [1.29, 1.82) is 0 Å². The lowest BCUT2D eigenvalue weighted by molar-refractivity contribution is 0.0526. The summed E-state index contributed by atoms with van der Waals surface area (Å²) < 4.78 is 15.6. The number of rotatable bonds is 6. The Hall–Kier alpha value is -2.78. The molecule has 1 aromatic carbocycles. The van der Waals surface area contributed by atoms with Gasteiger partial charge in [-0.3, -0.25) is 4.79 Å². The first-order valence-corrected chi connectivity index (χ1v) is 11.0. The first kappa shape index (κ1) is 22.9. The van der Waals surface area contributed by atoms with Gasteiger partial charge in [-0.15, -0.1) is 11.3 Å². The molecule has 0 unspecified atom stereocenters. The number of hydrogen-bond donors (Lipinski definition) is 1. The predicted molar refractivity (Wildman–Crippen MR) is 117 cm³/mol. The third kappa shape index (κ3) is 4.94. The summed E-state index contributed by atoms with van der Waals surface area (Å²) in [7, 11) is 1.46. The van der Waals surface area contributed by atoms with Gasteiger partial charge in [0.1, 0.15) is 10.8 Å². The summed E-state index contributed by atoms with van der Waals surface area (Å²) in [5, 5.41) is 3.54. The third-order valence-electron chi connectivity index (χ3n) is 4.70. The van der Waals surface area contributed by atoms with Crippen LogP contribution in [0.4, 0.5) is 9.80 Å². The van der Waals surface area contributed by atoms with E-state index in [1.807, 2.05) is 0 Å². The lowest BCUT2D eigenvalue weighted by atomic mass is 10.0. The van der Waals surface area contributed by atoms with E-state index in [0.717, 1.165) is 10.4 Å². The predicted octanol–water partition coefficient (Wildman–Crippen LogP) is 4.35. The van der Waals surface area contributed by atoms with Crippen molar-refractivity contribution in [2.75, 3.05) is 32.2 Å². The van der Waals surface area contributed by atoms with Crippen LogP contribution < -0.4 is 10.1 Å². The molecule has 10 heteroatoms. The van der Waals surface area contributed by atoms with Crippen LogP contribution in [0.25, 0.3) is 0 Å². The number of thiophene rings is 1. The number of amides is 2. The van der Waals surface area contributed by atoms with Gasteiger partial charge >= 0.3 is 12.1 Å². The van der Waals surface area contributed by atoms with Gasteiger partial charge in [-0.1, -0.05) is 11.6 Å². The average molecular weight is 467 g/mol. The molecular weight excluding hydrogens is 444 g/mol. The number of methoxy groups -OCH3 is 1. The van der Waals surface area contributed by atoms with Gasteiger partial charge in [-0.2, -0.15) is 0 Å². The maximum Gasteiger partial charge on any atom is 0.410 e. The van der Waals surface area contributed by atoms with Gasteiger partial charge in [0.25, 0.3) is 5.91 Å². The Kier molecular flexibility index (Phi) is 7.40. The number of ether oxygens (including phenoxy) is 3. The van der Waals surface area contributed by atoms with E-state index >= 15 is 0 Å². The molecule has 2 heterocycles. The number of carbonyl (C=O) groups is 3. The van der Waals surface area contributed by atoms with Crippen LogP contribution in [0.15, 0.2) is 18.2 Å². The van der Waals surface area contributed by atoms with Crippen LogP contribution in [0, 0.1) is 0 Å². The zero-order chi connectivity index (χ0) is 22.5. The molecule has 1 aliphatic heterocycles. The highest BCUT2D eigenvalue weighted by molar-refractivity contribution is 7.17. The second-order valence-corrected chi connectivity index (χ2v) is 8.14. The second-order valence-electron chi connectivity index (χ2n) is 6.60. The SMILES string of the molecule is CCOC(=O)c1c(NC(=O)c2cc(Cl)ccc2OC)sc2c1CCN(C(=O)OCC)C2. The zero-order valence-corrected chi connectivity index (χ0v) is 19.0. The lowest BCUT2D eigenvalue weighted by Crippen LogP contribution is -2.36. The van der Waals surface area contributed by atoms with Crippen molar-refractivity contribution in [2.24, 2.45) is 0 Å². The van der Waals surface area contributed by atoms with E-state index < -0.39 is 18.0 Å². The second kappa shape index (κ2) is 10.0. The van der Waals surface area contributed by atoms with Crippen molar-refractivity contribution in [3.05, 3.63) is 44.8 Å². The molecule has 2 aromatic rings. The normalized spacial score (nSPS) is 12.7. The van der Waals surface area contributed by atoms with E-state index in [-0.39, 0.29) is 18.8 Å². The summed E-state index contributed by atoms with van der Waals surface area (Å²) in [6, 6.07) is 4.71. The van der Waals surface area contributed by atoms with Crippen molar-refractivity contribution < 1.29 is 28.6 Å². The monoisotopic (exact) mass is 466 g/mol. The molecule has 31 heavy (non-hydrogen) atoms. The Labute approximate surface area is 189 Å². The van der Waals surface area contributed by atoms with Gasteiger partial charge in [0.15, 0.2) is 0 Å². The summed E-state index contributed by atoms with van der Waals surface area (Å²) in [5.41, 5.74) is 1.33. The fraction of sp³-hybridized carbons (Fsp3) is 0.381. The fourth-order valence-corrected chi connectivity index (χ4v) is 4.73. The van der Waals surface area contributed by atoms with E-state index in [0.29, 0.717) is 40.8 Å². The first-order chi connectivity index (χ1) is 14.9. The van der Waals surface area contributed by atoms with Crippen LogP contribution in [0.2, 0.25) is 5.02 Å². The molecule has 0 spiro atoms. The highest BCUT2D eigenvalue weighted by Crippen LogP contribution is 2.38. The van der Waals surface area contributed by atoms with Crippen LogP contribution in [-0.2, 0) is 22.4 Å². The smallest absolute Gasteiger partial charge is 0.410 e. The van der Waals surface area contributed by atoms with Crippen LogP contribution in [0.3, 0.4) is 0 Å². The molecule has 8 nitrogen and oxygen atoms in total. The molecule has 0 bridgehead atoms. The Morgan fingerprint density at radius 3 is 2.61 bits per heavy atom. The van der Waals surface area contributed by atoms with Crippen molar-refractivity contribution in [3.63, 3.8) is 0 Å². The minimum atomic E-state index is -0.516. The number of hydrogen-bond acceptors (Lipinski definition) is 7. The molecule has 0 fully saturated rings. The van der Waals surface area contributed by atoms with Crippen LogP contribution in [0.1, 0.15) is 45.0 Å². The third-order valence-corrected chi connectivity index (χ3v) is 6.06. The molecule has 0 saturated carbocycles. The number of anilines is 1. The van der Waals surface area contributed by atoms with Gasteiger partial charge in [0.2, 0.25) is 0 Å². The minimum absolute atomic E-state index is 0.202. The number of carbonyl (C=O) groups excluding carboxylic acids is 3. The van der Waals surface area contributed by atoms with E-state index in [9.17, 15) is 14.4 Å². The standard InChI is InChI=1S/C21H23ClN2O6S/c1-4-29-20(26)17-13-8-9-24(21(27)30-5-2)11-16(13)31-19(17)23-18(25)14-10-12(22)6-7-15(14)28-3/h6-7,10H,4-5,8-9,11H2,1-3H3,(H,23,25). The molecule has 1 aliphatic rings. The van der Waals surface area contributed by atoms with Gasteiger partial charge in [0, 0.05) is 16.4 Å². The molecule has 1 aromatic heterocycles. The number of nitrogens with zero attached hydrogens (tertiary/aromatic N) is 1. The summed E-state index contributed by atoms with van der Waals surface area (Å²) in [4.78, 5) is 40.2. The molecule has 0 saturated heterocycles. The maximum absolute atomic E-state index is 13.0. The summed E-state index contributed by atoms with van der Waals surface area (Å²) in [5.74, 6) is -0.627. The summed E-state index contributed by atoms with van der Waals surface area (Å²) in [6.07, 6.45) is 0.0447. The Morgan fingerprint density at radius 2 is 1.94 bits per heavy atom. The fourth-order valence-electron chi connectivity index (χ4n) is 3.31. The lowest BCUT2D eigenvalue weighted by Gasteiger charge is -2.26. The van der Waals surface area contributed by atoms with E-state index in [1.165, 1.54) is 24.5 Å². The van der Waals surface area contributed by atoms with E-state index in [2.05, 4.69) is 5.32 Å². The van der Waals surface area contributed by atoms with Crippen LogP contribution in [-0.4, -0.2) is 49.7 Å². The molecule has 0 atom stereocenters. The zero-order valence-electron chi connectivity index (χ0n) is 17.5. The largest absolute Gasteiger partial charge is 0.496 e. The minimum Gasteiger partial charge on any atom is -0.496 e. The Balaban J connectivity index is 1.95. The van der Waals surface area contributed by atoms with Gasteiger partial charge < -0.3 is 24.4 Å². The Bertz CT molecular complexity index is 1010. The Morgan fingerprint density at radius 1 is 1.19 bits per heavy atom. The summed E-state index contributed by atoms with van der Waals surface area (Å²) >= 11 is 7.28. The highest BCUT2D eigenvalue weighted by atomic mass is 35.5. The molecular formula is C21H23ClN2O6S. The average Bonchev–Trinajstić information content (AvgIpc) is 3.10. The highest BCUT2D eigenvalue weighted by Gasteiger charge is 2.31. The van der Waals surface area contributed by atoms with Gasteiger partial charge in [-0.25, -0.2) is 9.59 Å². The van der Waals surface area contributed by atoms with Crippen LogP contribution in [0.5, 0.6) is 5.75 Å². The van der Waals surface area contributed by atoms with Crippen molar-refractivity contribution in [3.8, 4) is 5.75 Å². The number of halogens is 1. The first-order valence-electron chi connectivity index (χ1n) is 9.77. The number of nitrogens with one attached hydrogen (secondary N) is 1. The molecule has 166 valence electrons. The molecule has 3 rings (SSSR count). The number of esters is 1. The van der Waals surface area contributed by atoms with Crippen LogP contribution >= 0.6 is 22.9 Å². The van der Waals surface area contributed by atoms with Gasteiger partial charge in [-0.05, 0) is 44.0 Å².